The topological polar surface area (TPSA) is 109 Å². The van der Waals surface area contributed by atoms with Gasteiger partial charge in [0.15, 0.2) is 5.96 Å². The van der Waals surface area contributed by atoms with Crippen molar-refractivity contribution in [3.8, 4) is 0 Å². The van der Waals surface area contributed by atoms with Crippen molar-refractivity contribution in [3.63, 3.8) is 0 Å². The van der Waals surface area contributed by atoms with Crippen molar-refractivity contribution < 1.29 is 13.2 Å². The van der Waals surface area contributed by atoms with Crippen molar-refractivity contribution in [2.75, 3.05) is 33.2 Å². The molecule has 1 fully saturated rings. The summed E-state index contributed by atoms with van der Waals surface area (Å²) in [7, 11) is 2.01. The lowest BCUT2D eigenvalue weighted by atomic mass is 10.1. The molecule has 25 heavy (non-hydrogen) atoms. The second-order valence-electron chi connectivity index (χ2n) is 5.97. The molecular weight excluding hydrogens is 335 g/mol. The predicted octanol–water partition coefficient (Wildman–Crippen LogP) is 0.672. The van der Waals surface area contributed by atoms with Gasteiger partial charge in [0.2, 0.25) is 5.96 Å². The first-order valence-corrected chi connectivity index (χ1v) is 7.69. The molecule has 0 unspecified atom stereocenters. The first-order chi connectivity index (χ1) is 11.6. The van der Waals surface area contributed by atoms with Crippen molar-refractivity contribution in [3.05, 3.63) is 29.3 Å². The van der Waals surface area contributed by atoms with Gasteiger partial charge >= 0.3 is 6.18 Å². The van der Waals surface area contributed by atoms with E-state index in [1.807, 2.05) is 7.05 Å². The lowest BCUT2D eigenvalue weighted by Crippen LogP contribution is -2.43. The van der Waals surface area contributed by atoms with Crippen molar-refractivity contribution in [1.82, 2.24) is 9.80 Å². The van der Waals surface area contributed by atoms with Gasteiger partial charge < -0.3 is 22.1 Å². The van der Waals surface area contributed by atoms with Crippen LogP contribution in [0.2, 0.25) is 0 Å². The minimum Gasteiger partial charge on any atom is -0.370 e. The molecule has 1 heterocycles. The Hall–Kier alpha value is -2.33. The molecule has 7 nitrogen and oxygen atoms in total. The van der Waals surface area contributed by atoms with Crippen LogP contribution in [0.3, 0.4) is 0 Å². The van der Waals surface area contributed by atoms with Gasteiger partial charge in [0.1, 0.15) is 0 Å². The third-order valence-electron chi connectivity index (χ3n) is 3.79. The Morgan fingerprint density at radius 2 is 1.72 bits per heavy atom. The standard InChI is InChI=1S/C15H22F3N7/c1-24-2-4-25(5-3-24)9-10-6-11(15(16,17)18)8-12(7-10)22-14(21)23-13(19)20/h6-8H,2-5,9H2,1H3,(H6,19,20,21,22,23). The fourth-order valence-corrected chi connectivity index (χ4v) is 2.55. The normalized spacial score (nSPS) is 17.5. The van der Waals surface area contributed by atoms with E-state index >= 15 is 0 Å². The van der Waals surface area contributed by atoms with Crippen LogP contribution in [0.25, 0.3) is 0 Å². The molecule has 0 radical (unpaired) electrons. The SMILES string of the molecule is CN1CCN(Cc2cc(N=C(N)N=C(N)N)cc(C(F)(F)F)c2)CC1. The molecular formula is C15H22F3N7. The molecule has 0 spiro atoms. The summed E-state index contributed by atoms with van der Waals surface area (Å²) in [6.07, 6.45) is -4.48. The molecule has 0 saturated carbocycles. The minimum absolute atomic E-state index is 0.0569. The number of nitrogens with two attached hydrogens (primary N) is 3. The molecule has 0 atom stereocenters. The van der Waals surface area contributed by atoms with E-state index < -0.39 is 11.7 Å². The fourth-order valence-electron chi connectivity index (χ4n) is 2.55. The average molecular weight is 357 g/mol. The first-order valence-electron chi connectivity index (χ1n) is 7.69. The summed E-state index contributed by atoms with van der Waals surface area (Å²) < 4.78 is 39.5. The first kappa shape index (κ1) is 19.0. The zero-order valence-electron chi connectivity index (χ0n) is 13.9. The maximum Gasteiger partial charge on any atom is 0.416 e. The number of piperazine rings is 1. The highest BCUT2D eigenvalue weighted by atomic mass is 19.4. The van der Waals surface area contributed by atoms with Crippen LogP contribution in [0.4, 0.5) is 18.9 Å². The number of alkyl halides is 3. The van der Waals surface area contributed by atoms with Crippen LogP contribution in [0.1, 0.15) is 11.1 Å². The van der Waals surface area contributed by atoms with Crippen LogP contribution in [-0.2, 0) is 12.7 Å². The van der Waals surface area contributed by atoms with E-state index in [0.717, 1.165) is 38.3 Å². The summed E-state index contributed by atoms with van der Waals surface area (Å²) in [5.41, 5.74) is 15.7. The highest BCUT2D eigenvalue weighted by Crippen LogP contribution is 2.33. The van der Waals surface area contributed by atoms with Gasteiger partial charge in [0, 0.05) is 32.7 Å². The minimum atomic E-state index is -4.48. The van der Waals surface area contributed by atoms with Crippen LogP contribution in [0.5, 0.6) is 0 Å². The molecule has 0 aliphatic carbocycles. The largest absolute Gasteiger partial charge is 0.416 e. The summed E-state index contributed by atoms with van der Waals surface area (Å²) in [4.78, 5) is 11.7. The van der Waals surface area contributed by atoms with Gasteiger partial charge in [-0.3, -0.25) is 4.90 Å². The molecule has 2 rings (SSSR count). The lowest BCUT2D eigenvalue weighted by molar-refractivity contribution is -0.137. The zero-order valence-corrected chi connectivity index (χ0v) is 13.9. The number of halogens is 3. The smallest absolute Gasteiger partial charge is 0.370 e. The number of nitrogens with zero attached hydrogens (tertiary/aromatic N) is 4. The van der Waals surface area contributed by atoms with Crippen molar-refractivity contribution in [1.29, 1.82) is 0 Å². The maximum atomic E-state index is 13.2. The highest BCUT2D eigenvalue weighted by molar-refractivity contribution is 5.93. The molecule has 138 valence electrons. The number of aliphatic imine (C=N–C) groups is 2. The van der Waals surface area contributed by atoms with Crippen LogP contribution in [-0.4, -0.2) is 54.9 Å². The van der Waals surface area contributed by atoms with Gasteiger partial charge in [-0.2, -0.15) is 18.2 Å². The van der Waals surface area contributed by atoms with Crippen molar-refractivity contribution in [2.45, 2.75) is 12.7 Å². The van der Waals surface area contributed by atoms with E-state index in [9.17, 15) is 13.2 Å². The molecule has 1 aromatic rings. The van der Waals surface area contributed by atoms with Gasteiger partial charge in [0.05, 0.1) is 11.3 Å². The van der Waals surface area contributed by atoms with E-state index in [1.54, 1.807) is 6.07 Å². The maximum absolute atomic E-state index is 13.2. The number of likely N-dealkylation sites (N-methyl/N-ethyl adjacent to an activating group) is 1. The number of rotatable bonds is 3. The van der Waals surface area contributed by atoms with E-state index in [-0.39, 0.29) is 17.6 Å². The highest BCUT2D eigenvalue weighted by Gasteiger charge is 2.31. The van der Waals surface area contributed by atoms with Gasteiger partial charge in [-0.05, 0) is 30.8 Å². The second kappa shape index (κ2) is 7.70. The molecule has 10 heteroatoms. The van der Waals surface area contributed by atoms with E-state index in [2.05, 4.69) is 19.8 Å². The molecule has 1 aliphatic rings. The van der Waals surface area contributed by atoms with Crippen LogP contribution in [0, 0.1) is 0 Å². The average Bonchev–Trinajstić information content (AvgIpc) is 2.47. The molecule has 1 aliphatic heterocycles. The predicted molar refractivity (Wildman–Crippen MR) is 91.3 cm³/mol. The van der Waals surface area contributed by atoms with Crippen molar-refractivity contribution >= 4 is 17.6 Å². The summed E-state index contributed by atoms with van der Waals surface area (Å²) in [6.45, 7) is 3.74. The molecule has 1 aromatic carbocycles. The summed E-state index contributed by atoms with van der Waals surface area (Å²) >= 11 is 0. The monoisotopic (exact) mass is 357 g/mol. The Kier molecular flexibility index (Phi) is 5.85. The second-order valence-corrected chi connectivity index (χ2v) is 5.97. The van der Waals surface area contributed by atoms with Gasteiger partial charge in [-0.15, -0.1) is 0 Å². The molecule has 0 bridgehead atoms. The van der Waals surface area contributed by atoms with E-state index in [4.69, 9.17) is 17.2 Å². The van der Waals surface area contributed by atoms with Gasteiger partial charge in [-0.1, -0.05) is 0 Å². The summed E-state index contributed by atoms with van der Waals surface area (Å²) in [6, 6.07) is 3.61. The Labute approximate surface area is 144 Å². The van der Waals surface area contributed by atoms with Crippen LogP contribution < -0.4 is 17.2 Å². The molecule has 6 N–H and O–H groups in total. The summed E-state index contributed by atoms with van der Waals surface area (Å²) in [5.74, 6) is -0.615. The number of hydrogen-bond acceptors (Lipinski definition) is 3. The Balaban J connectivity index is 2.29. The zero-order chi connectivity index (χ0) is 18.6. The van der Waals surface area contributed by atoms with Crippen LogP contribution in [0.15, 0.2) is 28.2 Å². The third-order valence-corrected chi connectivity index (χ3v) is 3.79. The lowest BCUT2D eigenvalue weighted by Gasteiger charge is -2.32. The number of benzene rings is 1. The Bertz CT molecular complexity index is 658. The quantitative estimate of drug-likeness (QED) is 0.544. The van der Waals surface area contributed by atoms with Gasteiger partial charge in [0.25, 0.3) is 0 Å². The Morgan fingerprint density at radius 1 is 1.08 bits per heavy atom. The molecule has 0 amide bonds. The van der Waals surface area contributed by atoms with E-state index in [1.165, 1.54) is 0 Å². The van der Waals surface area contributed by atoms with Crippen molar-refractivity contribution in [2.24, 2.45) is 27.2 Å². The molecule has 0 aromatic heterocycles. The van der Waals surface area contributed by atoms with E-state index in [0.29, 0.717) is 12.1 Å². The number of hydrogen-bond donors (Lipinski definition) is 3. The Morgan fingerprint density at radius 3 is 2.28 bits per heavy atom. The fraction of sp³-hybridized carbons (Fsp3) is 0.467. The molecule has 1 saturated heterocycles. The number of guanidine groups is 2. The van der Waals surface area contributed by atoms with Crippen LogP contribution >= 0.6 is 0 Å². The third kappa shape index (κ3) is 5.91. The van der Waals surface area contributed by atoms with Gasteiger partial charge in [-0.25, -0.2) is 4.99 Å². The summed E-state index contributed by atoms with van der Waals surface area (Å²) in [5, 5.41) is 0.